The van der Waals surface area contributed by atoms with Crippen molar-refractivity contribution in [2.45, 2.75) is 19.8 Å². The van der Waals surface area contributed by atoms with E-state index in [0.29, 0.717) is 132 Å². The van der Waals surface area contributed by atoms with E-state index in [9.17, 15) is 0 Å². The van der Waals surface area contributed by atoms with Gasteiger partial charge in [-0.2, -0.15) is 0 Å². The number of rotatable bonds is 34. The molecule has 0 radical (unpaired) electrons. The third-order valence-corrected chi connectivity index (χ3v) is 5.23. The maximum absolute atomic E-state index is 5.55. The SMILES string of the molecule is CCCCOCCOCCOCCOCCOCCOCCOCCOCCOCCOCCOc1ccccc1. The molecule has 0 saturated carbocycles. The number of benzene rings is 1. The fourth-order valence-electron chi connectivity index (χ4n) is 3.06. The van der Waals surface area contributed by atoms with Crippen molar-refractivity contribution >= 4 is 0 Å². The molecule has 0 aliphatic rings. The van der Waals surface area contributed by atoms with Gasteiger partial charge in [-0.25, -0.2) is 0 Å². The highest BCUT2D eigenvalue weighted by Crippen LogP contribution is 2.07. The Kier molecular flexibility index (Phi) is 30.4. The highest BCUT2D eigenvalue weighted by Gasteiger charge is 1.96. The van der Waals surface area contributed by atoms with Gasteiger partial charge in [-0.05, 0) is 18.6 Å². The van der Waals surface area contributed by atoms with Gasteiger partial charge in [0, 0.05) is 6.61 Å². The van der Waals surface area contributed by atoms with Crippen molar-refractivity contribution in [2.75, 3.05) is 139 Å². The summed E-state index contributed by atoms with van der Waals surface area (Å²) in [6.45, 7) is 13.7. The lowest BCUT2D eigenvalue weighted by molar-refractivity contribution is -0.0267. The summed E-state index contributed by atoms with van der Waals surface area (Å²) in [6.07, 6.45) is 2.24. The molecule has 0 amide bonds. The first-order valence-electron chi connectivity index (χ1n) is 14.9. The van der Waals surface area contributed by atoms with Crippen molar-refractivity contribution in [1.82, 2.24) is 0 Å². The van der Waals surface area contributed by atoms with E-state index in [-0.39, 0.29) is 0 Å². The van der Waals surface area contributed by atoms with E-state index in [0.717, 1.165) is 25.2 Å². The Bertz CT molecular complexity index is 609. The van der Waals surface area contributed by atoms with Crippen LogP contribution in [-0.2, 0) is 47.4 Å². The van der Waals surface area contributed by atoms with Crippen molar-refractivity contribution in [3.8, 4) is 5.75 Å². The van der Waals surface area contributed by atoms with Gasteiger partial charge in [0.1, 0.15) is 12.4 Å². The van der Waals surface area contributed by atoms with E-state index < -0.39 is 0 Å². The molecule has 240 valence electrons. The predicted molar refractivity (Wildman–Crippen MR) is 155 cm³/mol. The molecule has 0 saturated heterocycles. The molecular weight excluding hydrogens is 536 g/mol. The lowest BCUT2D eigenvalue weighted by Crippen LogP contribution is -2.15. The Balaban J connectivity index is 1.61. The average molecular weight is 591 g/mol. The summed E-state index contributed by atoms with van der Waals surface area (Å²) in [5.41, 5.74) is 0. The van der Waals surface area contributed by atoms with Gasteiger partial charge in [0.25, 0.3) is 0 Å². The molecule has 0 aliphatic heterocycles. The first-order chi connectivity index (χ1) is 20.4. The average Bonchev–Trinajstić information content (AvgIpc) is 3.00. The smallest absolute Gasteiger partial charge is 0.119 e. The molecule has 0 bridgehead atoms. The Morgan fingerprint density at radius 2 is 0.610 bits per heavy atom. The van der Waals surface area contributed by atoms with Crippen molar-refractivity contribution in [3.05, 3.63) is 30.3 Å². The molecule has 11 heteroatoms. The predicted octanol–water partition coefficient (Wildman–Crippen LogP) is 3.03. The van der Waals surface area contributed by atoms with Gasteiger partial charge in [-0.1, -0.05) is 31.5 Å². The third kappa shape index (κ3) is 29.9. The second-order valence-electron chi connectivity index (χ2n) is 8.64. The van der Waals surface area contributed by atoms with Crippen molar-refractivity contribution in [3.63, 3.8) is 0 Å². The molecule has 0 aliphatic carbocycles. The van der Waals surface area contributed by atoms with E-state index in [1.807, 2.05) is 30.3 Å². The largest absolute Gasteiger partial charge is 0.491 e. The van der Waals surface area contributed by atoms with E-state index in [4.69, 9.17) is 52.1 Å². The highest BCUT2D eigenvalue weighted by atomic mass is 16.6. The van der Waals surface area contributed by atoms with Crippen LogP contribution >= 0.6 is 0 Å². The first-order valence-corrected chi connectivity index (χ1v) is 14.9. The fourth-order valence-corrected chi connectivity index (χ4v) is 3.06. The first kappa shape index (κ1) is 37.6. The zero-order chi connectivity index (χ0) is 29.2. The second kappa shape index (κ2) is 33.1. The minimum Gasteiger partial charge on any atom is -0.491 e. The van der Waals surface area contributed by atoms with E-state index in [1.165, 1.54) is 0 Å². The van der Waals surface area contributed by atoms with Gasteiger partial charge in [-0.15, -0.1) is 0 Å². The standard InChI is InChI=1S/C30H54O11/c1-2-3-9-31-10-11-32-12-13-33-14-15-34-16-17-35-18-19-36-20-21-37-22-23-38-24-25-39-26-27-40-28-29-41-30-7-5-4-6-8-30/h4-8H,2-3,9-29H2,1H3. The maximum atomic E-state index is 5.55. The van der Waals surface area contributed by atoms with Crippen LogP contribution in [0.25, 0.3) is 0 Å². The molecule has 0 spiro atoms. The maximum Gasteiger partial charge on any atom is 0.119 e. The lowest BCUT2D eigenvalue weighted by atomic mass is 10.3. The summed E-state index contributed by atoms with van der Waals surface area (Å²) >= 11 is 0. The molecule has 0 N–H and O–H groups in total. The summed E-state index contributed by atoms with van der Waals surface area (Å²) < 4.78 is 60.2. The summed E-state index contributed by atoms with van der Waals surface area (Å²) in [6, 6.07) is 9.68. The Morgan fingerprint density at radius 3 is 0.902 bits per heavy atom. The van der Waals surface area contributed by atoms with Gasteiger partial charge in [-0.3, -0.25) is 0 Å². The van der Waals surface area contributed by atoms with Crippen molar-refractivity contribution in [1.29, 1.82) is 0 Å². The van der Waals surface area contributed by atoms with E-state index >= 15 is 0 Å². The molecule has 1 aromatic carbocycles. The highest BCUT2D eigenvalue weighted by molar-refractivity contribution is 5.20. The topological polar surface area (TPSA) is 102 Å². The van der Waals surface area contributed by atoms with Crippen molar-refractivity contribution in [2.24, 2.45) is 0 Å². The van der Waals surface area contributed by atoms with Crippen LogP contribution in [0.3, 0.4) is 0 Å². The Labute approximate surface area is 246 Å². The molecular formula is C30H54O11. The number of hydrogen-bond acceptors (Lipinski definition) is 11. The van der Waals surface area contributed by atoms with Gasteiger partial charge in [0.15, 0.2) is 0 Å². The Morgan fingerprint density at radius 1 is 0.341 bits per heavy atom. The van der Waals surface area contributed by atoms with E-state index in [1.54, 1.807) is 0 Å². The summed E-state index contributed by atoms with van der Waals surface area (Å²) in [5.74, 6) is 0.847. The quantitative estimate of drug-likeness (QED) is 0.111. The van der Waals surface area contributed by atoms with Crippen LogP contribution in [0, 0.1) is 0 Å². The molecule has 11 nitrogen and oxygen atoms in total. The summed E-state index contributed by atoms with van der Waals surface area (Å²) in [4.78, 5) is 0. The second-order valence-corrected chi connectivity index (χ2v) is 8.64. The number of para-hydroxylation sites is 1. The van der Waals surface area contributed by atoms with E-state index in [2.05, 4.69) is 6.92 Å². The van der Waals surface area contributed by atoms with Gasteiger partial charge < -0.3 is 52.1 Å². The molecule has 0 unspecified atom stereocenters. The molecule has 0 heterocycles. The third-order valence-electron chi connectivity index (χ3n) is 5.23. The van der Waals surface area contributed by atoms with Crippen LogP contribution in [0.1, 0.15) is 19.8 Å². The van der Waals surface area contributed by atoms with Crippen LogP contribution in [0.15, 0.2) is 30.3 Å². The summed E-state index contributed by atoms with van der Waals surface area (Å²) in [7, 11) is 0. The Hall–Kier alpha value is -1.38. The molecule has 0 aromatic heterocycles. The van der Waals surface area contributed by atoms with Crippen LogP contribution in [0.4, 0.5) is 0 Å². The zero-order valence-electron chi connectivity index (χ0n) is 25.1. The minimum atomic E-state index is 0.520. The minimum absolute atomic E-state index is 0.520. The lowest BCUT2D eigenvalue weighted by Gasteiger charge is -2.09. The molecule has 1 rings (SSSR count). The number of unbranched alkanes of at least 4 members (excludes halogenated alkanes) is 1. The van der Waals surface area contributed by atoms with Crippen LogP contribution in [0.5, 0.6) is 5.75 Å². The molecule has 0 fully saturated rings. The van der Waals surface area contributed by atoms with Gasteiger partial charge >= 0.3 is 0 Å². The zero-order valence-corrected chi connectivity index (χ0v) is 25.1. The molecule has 41 heavy (non-hydrogen) atoms. The normalized spacial score (nSPS) is 11.3. The monoisotopic (exact) mass is 590 g/mol. The van der Waals surface area contributed by atoms with Gasteiger partial charge in [0.2, 0.25) is 0 Å². The van der Waals surface area contributed by atoms with Crippen LogP contribution in [0.2, 0.25) is 0 Å². The number of ether oxygens (including phenoxy) is 11. The summed E-state index contributed by atoms with van der Waals surface area (Å²) in [5, 5.41) is 0. The van der Waals surface area contributed by atoms with Crippen LogP contribution < -0.4 is 4.74 Å². The van der Waals surface area contributed by atoms with Crippen molar-refractivity contribution < 1.29 is 52.1 Å². The molecule has 1 aromatic rings. The fraction of sp³-hybridized carbons (Fsp3) is 0.800. The van der Waals surface area contributed by atoms with Gasteiger partial charge in [0.05, 0.1) is 126 Å². The van der Waals surface area contributed by atoms with Crippen LogP contribution in [-0.4, -0.2) is 139 Å². The molecule has 0 atom stereocenters. The number of hydrogen-bond donors (Lipinski definition) is 0.